The van der Waals surface area contributed by atoms with Gasteiger partial charge in [-0.25, -0.2) is 4.52 Å². The number of aryl methyl sites for hydroxylation is 1. The van der Waals surface area contributed by atoms with E-state index in [1.54, 1.807) is 37.5 Å². The van der Waals surface area contributed by atoms with Gasteiger partial charge in [0.15, 0.2) is 0 Å². The van der Waals surface area contributed by atoms with Crippen LogP contribution in [0.4, 0.5) is 11.4 Å². The fourth-order valence-corrected chi connectivity index (χ4v) is 4.54. The Morgan fingerprint density at radius 3 is 2.73 bits per heavy atom. The molecule has 0 aliphatic carbocycles. The van der Waals surface area contributed by atoms with Crippen molar-refractivity contribution >= 4 is 28.7 Å². The Kier molecular flexibility index (Phi) is 6.30. The van der Waals surface area contributed by atoms with E-state index in [1.165, 1.54) is 23.0 Å². The summed E-state index contributed by atoms with van der Waals surface area (Å²) in [6, 6.07) is 6.49. The first-order chi connectivity index (χ1) is 17.7. The zero-order valence-corrected chi connectivity index (χ0v) is 20.9. The zero-order valence-electron chi connectivity index (χ0n) is 20.9. The summed E-state index contributed by atoms with van der Waals surface area (Å²) in [4.78, 5) is 51.0. The summed E-state index contributed by atoms with van der Waals surface area (Å²) in [5, 5.41) is 10.0. The first kappa shape index (κ1) is 24.3. The van der Waals surface area contributed by atoms with Gasteiger partial charge in [0.1, 0.15) is 5.69 Å². The van der Waals surface area contributed by atoms with E-state index in [4.69, 9.17) is 0 Å². The molecule has 1 aliphatic heterocycles. The number of nitrogens with zero attached hydrogens (tertiary/aromatic N) is 5. The second-order valence-electron chi connectivity index (χ2n) is 9.79. The Bertz CT molecular complexity index is 1550. The van der Waals surface area contributed by atoms with Gasteiger partial charge in [-0.1, -0.05) is 6.07 Å². The number of H-pyrrole nitrogens is 1. The Labute approximate surface area is 212 Å². The third kappa shape index (κ3) is 5.12. The second kappa shape index (κ2) is 9.58. The lowest BCUT2D eigenvalue weighted by molar-refractivity contribution is -0.118. The normalized spacial score (nSPS) is 15.1. The number of carbonyl (C=O) groups is 2. The molecule has 37 heavy (non-hydrogen) atoms. The minimum atomic E-state index is -0.384. The molecule has 11 nitrogen and oxygen atoms in total. The summed E-state index contributed by atoms with van der Waals surface area (Å²) in [5.74, 6) is -0.507. The summed E-state index contributed by atoms with van der Waals surface area (Å²) in [7, 11) is 0. The van der Waals surface area contributed by atoms with Crippen LogP contribution in [0.1, 0.15) is 42.7 Å². The van der Waals surface area contributed by atoms with Crippen LogP contribution < -0.4 is 16.2 Å². The Balaban J connectivity index is 1.31. The van der Waals surface area contributed by atoms with Crippen molar-refractivity contribution in [1.29, 1.82) is 0 Å². The average Bonchev–Trinajstić information content (AvgIpc) is 3.43. The van der Waals surface area contributed by atoms with Gasteiger partial charge in [0.25, 0.3) is 5.91 Å². The van der Waals surface area contributed by atoms with Gasteiger partial charge in [0.2, 0.25) is 11.5 Å². The van der Waals surface area contributed by atoms with E-state index < -0.39 is 0 Å². The van der Waals surface area contributed by atoms with E-state index in [2.05, 4.69) is 49.4 Å². The molecule has 0 atom stereocenters. The summed E-state index contributed by atoms with van der Waals surface area (Å²) < 4.78 is 1.53. The molecule has 5 heterocycles. The molecule has 0 unspecified atom stereocenters. The van der Waals surface area contributed by atoms with E-state index in [-0.39, 0.29) is 22.9 Å². The first-order valence-electron chi connectivity index (χ1n) is 12.1. The molecule has 1 fully saturated rings. The van der Waals surface area contributed by atoms with Crippen molar-refractivity contribution in [2.75, 3.05) is 23.7 Å². The molecule has 11 heteroatoms. The number of amides is 2. The zero-order chi connectivity index (χ0) is 26.2. The number of anilines is 2. The lowest BCUT2D eigenvalue weighted by Crippen LogP contribution is -2.42. The monoisotopic (exact) mass is 500 g/mol. The summed E-state index contributed by atoms with van der Waals surface area (Å²) in [6.07, 6.45) is 8.35. The number of hydrogen-bond acceptors (Lipinski definition) is 7. The largest absolute Gasteiger partial charge is 0.324 e. The number of carbonyl (C=O) groups excluding carboxylic acids is 2. The molecule has 3 N–H and O–H groups in total. The van der Waals surface area contributed by atoms with Crippen molar-refractivity contribution in [3.8, 4) is 11.4 Å². The van der Waals surface area contributed by atoms with Gasteiger partial charge in [-0.05, 0) is 52.3 Å². The molecule has 0 aromatic carbocycles. The topological polar surface area (TPSA) is 137 Å². The quantitative estimate of drug-likeness (QED) is 0.370. The number of hydrogen-bond donors (Lipinski definition) is 3. The highest BCUT2D eigenvalue weighted by Gasteiger charge is 2.32. The molecule has 0 saturated carbocycles. The predicted molar refractivity (Wildman–Crippen MR) is 139 cm³/mol. The molecule has 1 saturated heterocycles. The van der Waals surface area contributed by atoms with E-state index in [0.29, 0.717) is 46.1 Å². The molecular weight excluding hydrogens is 472 g/mol. The fraction of sp³-hybridized carbons (Fsp3) is 0.308. The van der Waals surface area contributed by atoms with Crippen molar-refractivity contribution < 1.29 is 9.59 Å². The standard InChI is InChI=1S/C26H28N8O3/c1-16-20(10-17(11-27-16)30-24(36)15-33-9-5-8-26(33,2)3)32-25(37)18-12-29-34-14-21(28-13-22(18)34)19-6-4-7-23(35)31-19/h4,6-7,10-14H,5,8-9,15H2,1-3H3,(H,30,36)(H,31,35)(H,32,37). The van der Waals surface area contributed by atoms with Crippen LogP contribution in [0, 0.1) is 6.92 Å². The Hall–Kier alpha value is -4.38. The van der Waals surface area contributed by atoms with E-state index in [9.17, 15) is 14.4 Å². The van der Waals surface area contributed by atoms with E-state index in [1.807, 2.05) is 0 Å². The van der Waals surface area contributed by atoms with Gasteiger partial charge in [-0.3, -0.25) is 29.3 Å². The van der Waals surface area contributed by atoms with Crippen LogP contribution in [0.25, 0.3) is 16.9 Å². The Morgan fingerprint density at radius 1 is 1.14 bits per heavy atom. The summed E-state index contributed by atoms with van der Waals surface area (Å²) in [5.41, 5.74) is 3.25. The van der Waals surface area contributed by atoms with Crippen molar-refractivity contribution in [3.63, 3.8) is 0 Å². The number of rotatable bonds is 6. The minimum Gasteiger partial charge on any atom is -0.324 e. The number of fused-ring (bicyclic) bond motifs is 1. The maximum atomic E-state index is 13.1. The number of nitrogens with one attached hydrogen (secondary N) is 3. The number of likely N-dealkylation sites (tertiary alicyclic amines) is 1. The lowest BCUT2D eigenvalue weighted by atomic mass is 10.0. The van der Waals surface area contributed by atoms with Gasteiger partial charge in [-0.2, -0.15) is 5.10 Å². The van der Waals surface area contributed by atoms with Gasteiger partial charge >= 0.3 is 0 Å². The first-order valence-corrected chi connectivity index (χ1v) is 12.1. The average molecular weight is 501 g/mol. The van der Waals surface area contributed by atoms with Crippen LogP contribution in [-0.2, 0) is 4.79 Å². The van der Waals surface area contributed by atoms with E-state index >= 15 is 0 Å². The molecule has 1 aliphatic rings. The third-order valence-corrected chi connectivity index (χ3v) is 6.72. The van der Waals surface area contributed by atoms with Gasteiger partial charge in [-0.15, -0.1) is 0 Å². The van der Waals surface area contributed by atoms with Crippen LogP contribution in [-0.4, -0.2) is 59.9 Å². The van der Waals surface area contributed by atoms with Crippen molar-refractivity contribution in [2.24, 2.45) is 0 Å². The highest BCUT2D eigenvalue weighted by molar-refractivity contribution is 6.09. The molecular formula is C26H28N8O3. The number of aromatic nitrogens is 5. The maximum Gasteiger partial charge on any atom is 0.259 e. The predicted octanol–water partition coefficient (Wildman–Crippen LogP) is 2.85. The van der Waals surface area contributed by atoms with Crippen LogP contribution in [0.15, 0.2) is 53.8 Å². The maximum absolute atomic E-state index is 13.1. The van der Waals surface area contributed by atoms with Crippen molar-refractivity contribution in [2.45, 2.75) is 39.2 Å². The molecule has 0 bridgehead atoms. The second-order valence-corrected chi connectivity index (χ2v) is 9.79. The molecule has 5 rings (SSSR count). The van der Waals surface area contributed by atoms with Gasteiger partial charge < -0.3 is 15.6 Å². The molecule has 0 spiro atoms. The van der Waals surface area contributed by atoms with Gasteiger partial charge in [0.05, 0.1) is 65.2 Å². The van der Waals surface area contributed by atoms with Crippen LogP contribution in [0.2, 0.25) is 0 Å². The molecule has 2 amide bonds. The number of aromatic amines is 1. The smallest absolute Gasteiger partial charge is 0.259 e. The molecule has 190 valence electrons. The minimum absolute atomic E-state index is 0.00428. The van der Waals surface area contributed by atoms with Gasteiger partial charge in [0, 0.05) is 11.6 Å². The van der Waals surface area contributed by atoms with Crippen LogP contribution in [0.5, 0.6) is 0 Å². The van der Waals surface area contributed by atoms with Crippen molar-refractivity contribution in [3.05, 3.63) is 70.7 Å². The van der Waals surface area contributed by atoms with Crippen LogP contribution >= 0.6 is 0 Å². The van der Waals surface area contributed by atoms with Crippen LogP contribution in [0.3, 0.4) is 0 Å². The summed E-state index contributed by atoms with van der Waals surface area (Å²) in [6.45, 7) is 7.27. The number of pyridine rings is 2. The fourth-order valence-electron chi connectivity index (χ4n) is 4.54. The van der Waals surface area contributed by atoms with E-state index in [0.717, 1.165) is 19.4 Å². The molecule has 4 aromatic heterocycles. The van der Waals surface area contributed by atoms with Crippen molar-refractivity contribution in [1.82, 2.24) is 29.5 Å². The Morgan fingerprint density at radius 2 is 1.97 bits per heavy atom. The lowest BCUT2D eigenvalue weighted by Gasteiger charge is -2.30. The highest BCUT2D eigenvalue weighted by Crippen LogP contribution is 2.28. The molecule has 4 aromatic rings. The highest BCUT2D eigenvalue weighted by atomic mass is 16.2. The SMILES string of the molecule is Cc1ncc(NC(=O)CN2CCCC2(C)C)cc1NC(=O)c1cnn2cc(-c3cccc(=O)[nH]3)ncc12. The summed E-state index contributed by atoms with van der Waals surface area (Å²) >= 11 is 0. The molecule has 0 radical (unpaired) electrons. The third-order valence-electron chi connectivity index (χ3n) is 6.72.